The SMILES string of the molecule is CCCCC1=NC(O)=C(Cc2ccc(-n3cccn3)cc2)C(O)N1c1c(OC)cccc1OC. The number of aliphatic hydroxyl groups is 2. The molecule has 0 fully saturated rings. The number of methoxy groups -OCH3 is 2. The van der Waals surface area contributed by atoms with Crippen molar-refractivity contribution in [2.24, 2.45) is 4.99 Å². The number of aliphatic imine (C=N–C) groups is 1. The molecular weight excluding hydrogens is 432 g/mol. The fourth-order valence-electron chi connectivity index (χ4n) is 4.07. The van der Waals surface area contributed by atoms with Crippen molar-refractivity contribution in [1.29, 1.82) is 0 Å². The van der Waals surface area contributed by atoms with Crippen LogP contribution in [0, 0.1) is 0 Å². The van der Waals surface area contributed by atoms with Crippen LogP contribution in [0.15, 0.2) is 77.4 Å². The molecule has 0 saturated heterocycles. The molecule has 2 N–H and O–H groups in total. The Hall–Kier alpha value is -3.78. The van der Waals surface area contributed by atoms with Crippen LogP contribution in [0.3, 0.4) is 0 Å². The maximum Gasteiger partial charge on any atom is 0.216 e. The summed E-state index contributed by atoms with van der Waals surface area (Å²) < 4.78 is 13.0. The third-order valence-electron chi connectivity index (χ3n) is 5.85. The van der Waals surface area contributed by atoms with Gasteiger partial charge >= 0.3 is 0 Å². The molecule has 34 heavy (non-hydrogen) atoms. The molecule has 1 atom stereocenters. The Morgan fingerprint density at radius 3 is 2.29 bits per heavy atom. The van der Waals surface area contributed by atoms with E-state index < -0.39 is 6.23 Å². The Morgan fingerprint density at radius 2 is 1.71 bits per heavy atom. The summed E-state index contributed by atoms with van der Waals surface area (Å²) in [6.07, 6.45) is 5.18. The molecule has 8 heteroatoms. The summed E-state index contributed by atoms with van der Waals surface area (Å²) in [6.45, 7) is 2.09. The van der Waals surface area contributed by atoms with Gasteiger partial charge in [-0.1, -0.05) is 31.5 Å². The second-order valence-corrected chi connectivity index (χ2v) is 8.03. The molecule has 8 nitrogen and oxygen atoms in total. The van der Waals surface area contributed by atoms with Gasteiger partial charge in [-0.25, -0.2) is 9.67 Å². The van der Waals surface area contributed by atoms with E-state index >= 15 is 0 Å². The highest BCUT2D eigenvalue weighted by Gasteiger charge is 2.35. The van der Waals surface area contributed by atoms with Gasteiger partial charge in [0.25, 0.3) is 0 Å². The predicted molar refractivity (Wildman–Crippen MR) is 132 cm³/mol. The summed E-state index contributed by atoms with van der Waals surface area (Å²) in [5.41, 5.74) is 2.83. The number of rotatable bonds is 9. The van der Waals surface area contributed by atoms with Crippen molar-refractivity contribution in [2.45, 2.75) is 38.8 Å². The highest BCUT2D eigenvalue weighted by atomic mass is 16.5. The first-order valence-electron chi connectivity index (χ1n) is 11.3. The average molecular weight is 463 g/mol. The van der Waals surface area contributed by atoms with Gasteiger partial charge in [-0.3, -0.25) is 4.90 Å². The molecule has 0 saturated carbocycles. The van der Waals surface area contributed by atoms with Crippen LogP contribution in [0.4, 0.5) is 5.69 Å². The van der Waals surface area contributed by atoms with Gasteiger partial charge in [-0.2, -0.15) is 5.10 Å². The number of para-hydroxylation sites is 1. The molecule has 1 aliphatic rings. The monoisotopic (exact) mass is 462 g/mol. The van der Waals surface area contributed by atoms with E-state index in [1.54, 1.807) is 30.0 Å². The third kappa shape index (κ3) is 4.63. The van der Waals surface area contributed by atoms with Gasteiger partial charge < -0.3 is 19.7 Å². The second-order valence-electron chi connectivity index (χ2n) is 8.03. The molecule has 2 aromatic carbocycles. The maximum atomic E-state index is 11.5. The second kappa shape index (κ2) is 10.4. The third-order valence-corrected chi connectivity index (χ3v) is 5.85. The number of unbranched alkanes of at least 4 members (excludes halogenated alkanes) is 1. The van der Waals surface area contributed by atoms with Crippen molar-refractivity contribution in [3.63, 3.8) is 0 Å². The van der Waals surface area contributed by atoms with Crippen LogP contribution in [-0.4, -0.2) is 46.3 Å². The number of aromatic nitrogens is 2. The van der Waals surface area contributed by atoms with Crippen molar-refractivity contribution in [3.05, 3.63) is 77.9 Å². The van der Waals surface area contributed by atoms with Gasteiger partial charge in [0.1, 0.15) is 23.0 Å². The summed E-state index contributed by atoms with van der Waals surface area (Å²) in [7, 11) is 3.15. The number of aliphatic hydroxyl groups excluding tert-OH is 2. The summed E-state index contributed by atoms with van der Waals surface area (Å²) in [5.74, 6) is 1.51. The quantitative estimate of drug-likeness (QED) is 0.482. The van der Waals surface area contributed by atoms with Crippen LogP contribution >= 0.6 is 0 Å². The lowest BCUT2D eigenvalue weighted by atomic mass is 10.0. The van der Waals surface area contributed by atoms with E-state index in [2.05, 4.69) is 17.0 Å². The van der Waals surface area contributed by atoms with Gasteiger partial charge in [0.15, 0.2) is 6.23 Å². The normalized spacial score (nSPS) is 15.9. The summed E-state index contributed by atoms with van der Waals surface area (Å²) in [4.78, 5) is 6.22. The largest absolute Gasteiger partial charge is 0.494 e. The molecule has 0 aliphatic carbocycles. The molecule has 1 aliphatic heterocycles. The Morgan fingerprint density at radius 1 is 1.00 bits per heavy atom. The number of ether oxygens (including phenoxy) is 2. The minimum absolute atomic E-state index is 0.153. The fraction of sp³-hybridized carbons (Fsp3) is 0.308. The molecule has 2 heterocycles. The number of amidine groups is 1. The van der Waals surface area contributed by atoms with Gasteiger partial charge in [-0.15, -0.1) is 0 Å². The molecular formula is C26H30N4O4. The van der Waals surface area contributed by atoms with Gasteiger partial charge in [0.2, 0.25) is 5.88 Å². The Labute approximate surface area is 199 Å². The standard InChI is InChI=1S/C26H30N4O4/c1-4-5-10-23-28-25(31)20(17-18-11-13-19(14-12-18)29-16-7-15-27-29)26(32)30(23)24-21(33-2)8-6-9-22(24)34-3/h6-9,11-16,26,31-32H,4-5,10,17H2,1-3H3. The highest BCUT2D eigenvalue weighted by molar-refractivity contribution is 6.02. The minimum atomic E-state index is -1.14. The number of benzene rings is 2. The van der Waals surface area contributed by atoms with Gasteiger partial charge in [-0.05, 0) is 42.3 Å². The summed E-state index contributed by atoms with van der Waals surface area (Å²) in [6, 6.07) is 15.1. The first kappa shape index (κ1) is 23.4. The highest BCUT2D eigenvalue weighted by Crippen LogP contribution is 2.42. The van der Waals surface area contributed by atoms with Crippen LogP contribution < -0.4 is 14.4 Å². The Balaban J connectivity index is 1.71. The van der Waals surface area contributed by atoms with E-state index in [-0.39, 0.29) is 5.88 Å². The predicted octanol–water partition coefficient (Wildman–Crippen LogP) is 4.63. The molecule has 1 aromatic heterocycles. The smallest absolute Gasteiger partial charge is 0.216 e. The van der Waals surface area contributed by atoms with E-state index in [4.69, 9.17) is 9.47 Å². The number of hydrogen-bond donors (Lipinski definition) is 2. The zero-order valence-corrected chi connectivity index (χ0v) is 19.7. The van der Waals surface area contributed by atoms with E-state index in [1.165, 1.54) is 0 Å². The van der Waals surface area contributed by atoms with Gasteiger partial charge in [0, 0.05) is 30.8 Å². The molecule has 1 unspecified atom stereocenters. The first-order valence-corrected chi connectivity index (χ1v) is 11.3. The first-order chi connectivity index (χ1) is 16.6. The van der Waals surface area contributed by atoms with Crippen molar-refractivity contribution in [2.75, 3.05) is 19.1 Å². The molecule has 3 aromatic rings. The van der Waals surface area contributed by atoms with Crippen molar-refractivity contribution < 1.29 is 19.7 Å². The van der Waals surface area contributed by atoms with Crippen LogP contribution in [-0.2, 0) is 6.42 Å². The molecule has 0 amide bonds. The van der Waals surface area contributed by atoms with Crippen LogP contribution in [0.2, 0.25) is 0 Å². The fourth-order valence-corrected chi connectivity index (χ4v) is 4.07. The van der Waals surface area contributed by atoms with E-state index in [0.29, 0.717) is 41.4 Å². The van der Waals surface area contributed by atoms with E-state index in [1.807, 2.05) is 54.7 Å². The number of nitrogens with zero attached hydrogens (tertiary/aromatic N) is 4. The molecule has 4 rings (SSSR count). The number of anilines is 1. The summed E-state index contributed by atoms with van der Waals surface area (Å²) in [5, 5.41) is 26.6. The molecule has 178 valence electrons. The van der Waals surface area contributed by atoms with Crippen molar-refractivity contribution >= 4 is 11.5 Å². The lowest BCUT2D eigenvalue weighted by Gasteiger charge is -2.36. The zero-order valence-electron chi connectivity index (χ0n) is 19.7. The van der Waals surface area contributed by atoms with E-state index in [0.717, 1.165) is 24.1 Å². The van der Waals surface area contributed by atoms with Crippen LogP contribution in [0.5, 0.6) is 11.5 Å². The molecule has 0 spiro atoms. The lowest BCUT2D eigenvalue weighted by Crippen LogP contribution is -2.45. The van der Waals surface area contributed by atoms with Crippen molar-refractivity contribution in [1.82, 2.24) is 9.78 Å². The Bertz CT molecular complexity index is 1150. The average Bonchev–Trinajstić information content (AvgIpc) is 3.40. The molecule has 0 radical (unpaired) electrons. The van der Waals surface area contributed by atoms with E-state index in [9.17, 15) is 10.2 Å². The number of hydrogen-bond acceptors (Lipinski definition) is 7. The molecule has 0 bridgehead atoms. The summed E-state index contributed by atoms with van der Waals surface area (Å²) >= 11 is 0. The lowest BCUT2D eigenvalue weighted by molar-refractivity contribution is 0.201. The van der Waals surface area contributed by atoms with Crippen LogP contribution in [0.1, 0.15) is 31.7 Å². The van der Waals surface area contributed by atoms with Crippen LogP contribution in [0.25, 0.3) is 5.69 Å². The minimum Gasteiger partial charge on any atom is -0.494 e. The zero-order chi connectivity index (χ0) is 24.1. The maximum absolute atomic E-state index is 11.5. The van der Waals surface area contributed by atoms with Crippen molar-refractivity contribution in [3.8, 4) is 17.2 Å². The van der Waals surface area contributed by atoms with Gasteiger partial charge in [0.05, 0.1) is 19.9 Å². The Kier molecular flexibility index (Phi) is 7.18. The topological polar surface area (TPSA) is 92.3 Å².